The van der Waals surface area contributed by atoms with Crippen molar-refractivity contribution >= 4 is 21.6 Å². The Hall–Kier alpha value is -1.63. The number of anilines is 1. The molecule has 0 aromatic heterocycles. The summed E-state index contributed by atoms with van der Waals surface area (Å²) in [5.41, 5.74) is -0.580. The molecule has 0 aliphatic rings. The maximum Gasteiger partial charge on any atom is 0.185 e. The van der Waals surface area contributed by atoms with Crippen molar-refractivity contribution in [2.75, 3.05) is 5.32 Å². The summed E-state index contributed by atoms with van der Waals surface area (Å²) in [5.74, 6) is -6.63. The van der Waals surface area contributed by atoms with E-state index in [0.29, 0.717) is 10.0 Å². The highest BCUT2D eigenvalue weighted by Crippen LogP contribution is 2.25. The van der Waals surface area contributed by atoms with Crippen molar-refractivity contribution in [1.29, 1.82) is 0 Å². The van der Waals surface area contributed by atoms with Gasteiger partial charge in [0.25, 0.3) is 0 Å². The fourth-order valence-corrected chi connectivity index (χ4v) is 2.14. The predicted octanol–water partition coefficient (Wildman–Crippen LogP) is 4.76. The average Bonchev–Trinajstić information content (AvgIpc) is 2.35. The Morgan fingerprint density at radius 1 is 0.850 bits per heavy atom. The van der Waals surface area contributed by atoms with E-state index < -0.39 is 34.8 Å². The van der Waals surface area contributed by atoms with Crippen LogP contribution in [0, 0.1) is 29.1 Å². The monoisotopic (exact) mass is 351 g/mol. The molecule has 0 saturated heterocycles. The van der Waals surface area contributed by atoms with Crippen LogP contribution in [0.2, 0.25) is 0 Å². The second kappa shape index (κ2) is 5.78. The third-order valence-corrected chi connectivity index (χ3v) is 2.96. The molecule has 0 atom stereocenters. The zero-order valence-corrected chi connectivity index (χ0v) is 11.4. The highest BCUT2D eigenvalue weighted by molar-refractivity contribution is 9.10. The van der Waals surface area contributed by atoms with Crippen LogP contribution >= 0.6 is 15.9 Å². The van der Waals surface area contributed by atoms with Crippen molar-refractivity contribution in [2.24, 2.45) is 0 Å². The molecular formula is C13H7BrF5N. The Morgan fingerprint density at radius 2 is 1.45 bits per heavy atom. The minimum absolute atomic E-state index is 0.120. The van der Waals surface area contributed by atoms with E-state index >= 15 is 0 Å². The fourth-order valence-electron chi connectivity index (χ4n) is 1.63. The molecule has 2 aromatic rings. The van der Waals surface area contributed by atoms with Gasteiger partial charge in [-0.1, -0.05) is 15.9 Å². The van der Waals surface area contributed by atoms with Gasteiger partial charge >= 0.3 is 0 Å². The van der Waals surface area contributed by atoms with Gasteiger partial charge in [-0.25, -0.2) is 22.0 Å². The highest BCUT2D eigenvalue weighted by atomic mass is 79.9. The molecule has 2 rings (SSSR count). The molecule has 1 N–H and O–H groups in total. The van der Waals surface area contributed by atoms with E-state index in [1.807, 2.05) is 0 Å². The van der Waals surface area contributed by atoms with Gasteiger partial charge in [0.2, 0.25) is 0 Å². The minimum Gasteiger partial charge on any atom is -0.376 e. The smallest absolute Gasteiger partial charge is 0.185 e. The van der Waals surface area contributed by atoms with Gasteiger partial charge in [0, 0.05) is 17.1 Å². The predicted molar refractivity (Wildman–Crippen MR) is 67.7 cm³/mol. The molecule has 0 aliphatic heterocycles. The molecule has 2 aromatic carbocycles. The normalized spacial score (nSPS) is 10.7. The van der Waals surface area contributed by atoms with E-state index in [-0.39, 0.29) is 12.6 Å². The largest absolute Gasteiger partial charge is 0.376 e. The van der Waals surface area contributed by atoms with Crippen molar-refractivity contribution in [3.05, 3.63) is 63.4 Å². The number of hydrogen-bond acceptors (Lipinski definition) is 1. The van der Waals surface area contributed by atoms with Crippen LogP contribution in [0.25, 0.3) is 0 Å². The second-order valence-corrected chi connectivity index (χ2v) is 4.89. The van der Waals surface area contributed by atoms with Crippen molar-refractivity contribution in [2.45, 2.75) is 6.54 Å². The molecule has 0 fully saturated rings. The van der Waals surface area contributed by atoms with Crippen LogP contribution in [0.3, 0.4) is 0 Å². The van der Waals surface area contributed by atoms with Crippen LogP contribution in [0.5, 0.6) is 0 Å². The van der Waals surface area contributed by atoms with Gasteiger partial charge in [-0.2, -0.15) is 0 Å². The van der Waals surface area contributed by atoms with E-state index in [2.05, 4.69) is 21.2 Å². The SMILES string of the molecule is Fc1cc(Br)cc(CNc2c(F)c(F)cc(F)c2F)c1. The van der Waals surface area contributed by atoms with Gasteiger partial charge in [-0.15, -0.1) is 0 Å². The Labute approximate surface area is 119 Å². The van der Waals surface area contributed by atoms with Gasteiger partial charge in [0.15, 0.2) is 23.3 Å². The van der Waals surface area contributed by atoms with Crippen molar-refractivity contribution in [3.63, 3.8) is 0 Å². The van der Waals surface area contributed by atoms with E-state index in [4.69, 9.17) is 0 Å². The molecule has 0 unspecified atom stereocenters. The Bertz CT molecular complexity index is 613. The number of rotatable bonds is 3. The number of hydrogen-bond donors (Lipinski definition) is 1. The topological polar surface area (TPSA) is 12.0 Å². The lowest BCUT2D eigenvalue weighted by molar-refractivity contribution is 0.458. The summed E-state index contributed by atoms with van der Waals surface area (Å²) in [5, 5.41) is 2.22. The van der Waals surface area contributed by atoms with Crippen LogP contribution in [-0.4, -0.2) is 0 Å². The molecular weight excluding hydrogens is 345 g/mol. The summed E-state index contributed by atoms with van der Waals surface area (Å²) in [4.78, 5) is 0. The first kappa shape index (κ1) is 14.8. The summed E-state index contributed by atoms with van der Waals surface area (Å²) in [6.07, 6.45) is 0. The maximum atomic E-state index is 13.4. The minimum atomic E-state index is -1.53. The second-order valence-electron chi connectivity index (χ2n) is 3.97. The molecule has 20 heavy (non-hydrogen) atoms. The zero-order chi connectivity index (χ0) is 14.9. The third kappa shape index (κ3) is 3.09. The Balaban J connectivity index is 2.27. The molecule has 0 radical (unpaired) electrons. The van der Waals surface area contributed by atoms with Crippen molar-refractivity contribution in [3.8, 4) is 0 Å². The molecule has 7 heteroatoms. The number of halogens is 6. The number of benzene rings is 2. The van der Waals surface area contributed by atoms with Crippen molar-refractivity contribution < 1.29 is 22.0 Å². The molecule has 0 heterocycles. The van der Waals surface area contributed by atoms with E-state index in [1.54, 1.807) is 0 Å². The van der Waals surface area contributed by atoms with Crippen LogP contribution < -0.4 is 5.32 Å². The molecule has 0 amide bonds. The van der Waals surface area contributed by atoms with Gasteiger partial charge in [0.1, 0.15) is 11.5 Å². The number of nitrogens with one attached hydrogen (secondary N) is 1. The fraction of sp³-hybridized carbons (Fsp3) is 0.0769. The summed E-state index contributed by atoms with van der Waals surface area (Å²) in [6, 6.07) is 3.95. The first-order valence-corrected chi connectivity index (χ1v) is 6.19. The quantitative estimate of drug-likeness (QED) is 0.621. The van der Waals surface area contributed by atoms with Crippen LogP contribution in [0.1, 0.15) is 5.56 Å². The first-order valence-electron chi connectivity index (χ1n) is 5.40. The van der Waals surface area contributed by atoms with E-state index in [1.165, 1.54) is 12.1 Å². The van der Waals surface area contributed by atoms with Crippen molar-refractivity contribution in [1.82, 2.24) is 0 Å². The molecule has 0 spiro atoms. The van der Waals surface area contributed by atoms with E-state index in [0.717, 1.165) is 6.07 Å². The highest BCUT2D eigenvalue weighted by Gasteiger charge is 2.18. The lowest BCUT2D eigenvalue weighted by Crippen LogP contribution is -2.07. The van der Waals surface area contributed by atoms with Gasteiger partial charge in [-0.3, -0.25) is 0 Å². The van der Waals surface area contributed by atoms with E-state index in [9.17, 15) is 22.0 Å². The Morgan fingerprint density at radius 3 is 2.00 bits per heavy atom. The summed E-state index contributed by atoms with van der Waals surface area (Å²) >= 11 is 3.06. The molecule has 106 valence electrons. The van der Waals surface area contributed by atoms with Crippen LogP contribution in [0.4, 0.5) is 27.6 Å². The zero-order valence-electron chi connectivity index (χ0n) is 9.78. The van der Waals surface area contributed by atoms with Gasteiger partial charge in [0.05, 0.1) is 0 Å². The summed E-state index contributed by atoms with van der Waals surface area (Å²) < 4.78 is 66.3. The molecule has 1 nitrogen and oxygen atoms in total. The Kier molecular flexibility index (Phi) is 4.27. The molecule has 0 saturated carbocycles. The molecule has 0 aliphatic carbocycles. The average molecular weight is 352 g/mol. The van der Waals surface area contributed by atoms with Crippen LogP contribution in [0.15, 0.2) is 28.7 Å². The lowest BCUT2D eigenvalue weighted by atomic mass is 10.2. The molecule has 0 bridgehead atoms. The third-order valence-electron chi connectivity index (χ3n) is 2.50. The summed E-state index contributed by atoms with van der Waals surface area (Å²) in [7, 11) is 0. The standard InChI is InChI=1S/C13H7BrF5N/c14-7-1-6(2-8(15)3-7)5-20-13-11(18)9(16)4-10(17)12(13)19/h1-4,20H,5H2. The lowest BCUT2D eigenvalue weighted by Gasteiger charge is -2.10. The summed E-state index contributed by atoms with van der Waals surface area (Å²) in [6.45, 7) is -0.201. The first-order chi connectivity index (χ1) is 9.38. The van der Waals surface area contributed by atoms with Gasteiger partial charge < -0.3 is 5.32 Å². The van der Waals surface area contributed by atoms with Gasteiger partial charge in [-0.05, 0) is 23.8 Å². The maximum absolute atomic E-state index is 13.4. The van der Waals surface area contributed by atoms with Crippen LogP contribution in [-0.2, 0) is 6.54 Å².